The van der Waals surface area contributed by atoms with Crippen molar-refractivity contribution >= 4 is 23.3 Å². The molecule has 0 spiro atoms. The fourth-order valence-electron chi connectivity index (χ4n) is 1.77. The van der Waals surface area contributed by atoms with Gasteiger partial charge in [-0.15, -0.1) is 0 Å². The quantitative estimate of drug-likeness (QED) is 0.811. The van der Waals surface area contributed by atoms with Crippen LogP contribution in [0.4, 0.5) is 16.2 Å². The minimum Gasteiger partial charge on any atom is -0.336 e. The lowest BCUT2D eigenvalue weighted by atomic mass is 10.2. The van der Waals surface area contributed by atoms with Crippen LogP contribution in [0.1, 0.15) is 24.2 Å². The van der Waals surface area contributed by atoms with Crippen LogP contribution in [-0.2, 0) is 0 Å². The summed E-state index contributed by atoms with van der Waals surface area (Å²) >= 11 is 0. The molecule has 6 heteroatoms. The van der Waals surface area contributed by atoms with E-state index in [0.29, 0.717) is 16.9 Å². The van der Waals surface area contributed by atoms with E-state index in [4.69, 9.17) is 0 Å². The van der Waals surface area contributed by atoms with E-state index in [1.807, 2.05) is 13.8 Å². The van der Waals surface area contributed by atoms with Gasteiger partial charge in [-0.3, -0.25) is 9.78 Å². The number of pyridine rings is 1. The Morgan fingerprint density at radius 3 is 2.18 bits per heavy atom. The summed E-state index contributed by atoms with van der Waals surface area (Å²) in [4.78, 5) is 27.4. The van der Waals surface area contributed by atoms with Gasteiger partial charge in [0.1, 0.15) is 0 Å². The summed E-state index contributed by atoms with van der Waals surface area (Å²) in [6.45, 7) is 3.77. The van der Waals surface area contributed by atoms with Gasteiger partial charge in [-0.1, -0.05) is 0 Å². The van der Waals surface area contributed by atoms with E-state index in [1.54, 1.807) is 42.6 Å². The maximum absolute atomic E-state index is 12.0. The summed E-state index contributed by atoms with van der Waals surface area (Å²) in [6.07, 6.45) is 3.11. The van der Waals surface area contributed by atoms with E-state index in [9.17, 15) is 9.59 Å². The monoisotopic (exact) mass is 298 g/mol. The summed E-state index contributed by atoms with van der Waals surface area (Å²) in [6, 6.07) is 10.1. The molecule has 3 amide bonds. The van der Waals surface area contributed by atoms with Crippen LogP contribution in [0, 0.1) is 0 Å². The normalized spacial score (nSPS) is 10.1. The van der Waals surface area contributed by atoms with Gasteiger partial charge in [0.25, 0.3) is 5.91 Å². The molecule has 0 aliphatic carbocycles. The lowest BCUT2D eigenvalue weighted by molar-refractivity contribution is 0.102. The highest BCUT2D eigenvalue weighted by molar-refractivity contribution is 6.04. The molecule has 0 radical (unpaired) electrons. The van der Waals surface area contributed by atoms with Crippen LogP contribution in [-0.4, -0.2) is 23.0 Å². The number of urea groups is 1. The molecule has 0 saturated carbocycles. The van der Waals surface area contributed by atoms with Crippen molar-refractivity contribution in [1.29, 1.82) is 0 Å². The number of carbonyl (C=O) groups excluding carboxylic acids is 2. The van der Waals surface area contributed by atoms with Crippen molar-refractivity contribution in [2.24, 2.45) is 0 Å². The lowest BCUT2D eigenvalue weighted by Crippen LogP contribution is -2.34. The third-order valence-corrected chi connectivity index (χ3v) is 2.74. The molecule has 0 fully saturated rings. The molecule has 1 aromatic carbocycles. The van der Waals surface area contributed by atoms with Gasteiger partial charge in [0.2, 0.25) is 0 Å². The first-order valence-corrected chi connectivity index (χ1v) is 6.93. The highest BCUT2D eigenvalue weighted by atomic mass is 16.2. The van der Waals surface area contributed by atoms with Crippen LogP contribution < -0.4 is 16.0 Å². The van der Waals surface area contributed by atoms with Crippen molar-refractivity contribution < 1.29 is 9.59 Å². The Balaban J connectivity index is 1.95. The molecular weight excluding hydrogens is 280 g/mol. The van der Waals surface area contributed by atoms with E-state index in [1.165, 1.54) is 6.20 Å². The SMILES string of the molecule is CC(C)NC(=O)Nc1ccc(NC(=O)c2cccnc2)cc1. The summed E-state index contributed by atoms with van der Waals surface area (Å²) < 4.78 is 0. The molecule has 1 heterocycles. The molecule has 2 rings (SSSR count). The minimum atomic E-state index is -0.262. The molecule has 114 valence electrons. The third kappa shape index (κ3) is 4.59. The van der Waals surface area contributed by atoms with Crippen molar-refractivity contribution in [3.63, 3.8) is 0 Å². The second kappa shape index (κ2) is 7.21. The maximum Gasteiger partial charge on any atom is 0.319 e. The Bertz CT molecular complexity index is 639. The number of benzene rings is 1. The van der Waals surface area contributed by atoms with Gasteiger partial charge in [0, 0.05) is 29.8 Å². The van der Waals surface area contributed by atoms with Crippen molar-refractivity contribution in [3.8, 4) is 0 Å². The Labute approximate surface area is 129 Å². The number of carbonyl (C=O) groups is 2. The number of anilines is 2. The molecule has 0 aliphatic rings. The summed E-state index contributed by atoms with van der Waals surface area (Å²) in [7, 11) is 0. The van der Waals surface area contributed by atoms with E-state index < -0.39 is 0 Å². The van der Waals surface area contributed by atoms with Crippen molar-refractivity contribution in [2.45, 2.75) is 19.9 Å². The van der Waals surface area contributed by atoms with E-state index in [2.05, 4.69) is 20.9 Å². The van der Waals surface area contributed by atoms with Crippen LogP contribution in [0.5, 0.6) is 0 Å². The molecular formula is C16H18N4O2. The second-order valence-electron chi connectivity index (χ2n) is 5.03. The Morgan fingerprint density at radius 1 is 1.00 bits per heavy atom. The number of nitrogens with one attached hydrogen (secondary N) is 3. The Hall–Kier alpha value is -2.89. The van der Waals surface area contributed by atoms with Gasteiger partial charge in [0.05, 0.1) is 5.56 Å². The summed E-state index contributed by atoms with van der Waals surface area (Å²) in [5.41, 5.74) is 1.78. The van der Waals surface area contributed by atoms with Crippen molar-refractivity contribution in [3.05, 3.63) is 54.4 Å². The van der Waals surface area contributed by atoms with Crippen LogP contribution in [0.2, 0.25) is 0 Å². The predicted molar refractivity (Wildman–Crippen MR) is 85.9 cm³/mol. The van der Waals surface area contributed by atoms with Crippen molar-refractivity contribution in [2.75, 3.05) is 10.6 Å². The van der Waals surface area contributed by atoms with Gasteiger partial charge in [-0.05, 0) is 50.2 Å². The standard InChI is InChI=1S/C16H18N4O2/c1-11(2)18-16(22)20-14-7-5-13(6-8-14)19-15(21)12-4-3-9-17-10-12/h3-11H,1-2H3,(H,19,21)(H2,18,20,22). The van der Waals surface area contributed by atoms with E-state index in [-0.39, 0.29) is 18.0 Å². The Morgan fingerprint density at radius 2 is 1.64 bits per heavy atom. The van der Waals surface area contributed by atoms with Crippen LogP contribution in [0.25, 0.3) is 0 Å². The molecule has 0 unspecified atom stereocenters. The van der Waals surface area contributed by atoms with Crippen LogP contribution in [0.15, 0.2) is 48.8 Å². The average molecular weight is 298 g/mol. The number of hydrogen-bond donors (Lipinski definition) is 3. The molecule has 1 aromatic heterocycles. The highest BCUT2D eigenvalue weighted by Gasteiger charge is 2.06. The zero-order valence-corrected chi connectivity index (χ0v) is 12.5. The highest BCUT2D eigenvalue weighted by Crippen LogP contribution is 2.14. The zero-order valence-electron chi connectivity index (χ0n) is 12.5. The largest absolute Gasteiger partial charge is 0.336 e. The van der Waals surface area contributed by atoms with Gasteiger partial charge >= 0.3 is 6.03 Å². The molecule has 3 N–H and O–H groups in total. The molecule has 0 aliphatic heterocycles. The summed E-state index contributed by atoms with van der Waals surface area (Å²) in [5, 5.41) is 8.21. The van der Waals surface area contributed by atoms with Gasteiger partial charge < -0.3 is 16.0 Å². The fraction of sp³-hybridized carbons (Fsp3) is 0.188. The molecule has 0 saturated heterocycles. The van der Waals surface area contributed by atoms with Crippen molar-refractivity contribution in [1.82, 2.24) is 10.3 Å². The first-order chi connectivity index (χ1) is 10.5. The molecule has 2 aromatic rings. The van der Waals surface area contributed by atoms with Gasteiger partial charge in [-0.2, -0.15) is 0 Å². The van der Waals surface area contributed by atoms with E-state index in [0.717, 1.165) is 0 Å². The Kier molecular flexibility index (Phi) is 5.08. The number of hydrogen-bond acceptors (Lipinski definition) is 3. The fourth-order valence-corrected chi connectivity index (χ4v) is 1.77. The molecule has 0 bridgehead atoms. The third-order valence-electron chi connectivity index (χ3n) is 2.74. The first kappa shape index (κ1) is 15.5. The van der Waals surface area contributed by atoms with Crippen LogP contribution in [0.3, 0.4) is 0 Å². The zero-order chi connectivity index (χ0) is 15.9. The smallest absolute Gasteiger partial charge is 0.319 e. The molecule has 22 heavy (non-hydrogen) atoms. The van der Waals surface area contributed by atoms with Gasteiger partial charge in [-0.25, -0.2) is 4.79 Å². The van der Waals surface area contributed by atoms with E-state index >= 15 is 0 Å². The summed E-state index contributed by atoms with van der Waals surface area (Å²) in [5.74, 6) is -0.230. The first-order valence-electron chi connectivity index (χ1n) is 6.93. The topological polar surface area (TPSA) is 83.1 Å². The minimum absolute atomic E-state index is 0.0676. The van der Waals surface area contributed by atoms with Gasteiger partial charge in [0.15, 0.2) is 0 Å². The lowest BCUT2D eigenvalue weighted by Gasteiger charge is -2.11. The molecule has 6 nitrogen and oxygen atoms in total. The average Bonchev–Trinajstić information content (AvgIpc) is 2.49. The molecule has 0 atom stereocenters. The predicted octanol–water partition coefficient (Wildman–Crippen LogP) is 2.86. The number of amides is 3. The second-order valence-corrected chi connectivity index (χ2v) is 5.03. The van der Waals surface area contributed by atoms with Crippen LogP contribution >= 0.6 is 0 Å². The number of rotatable bonds is 4. The maximum atomic E-state index is 12.0. The number of aromatic nitrogens is 1. The number of nitrogens with zero attached hydrogens (tertiary/aromatic N) is 1.